The summed E-state index contributed by atoms with van der Waals surface area (Å²) in [5.41, 5.74) is 2.76. The SMILES string of the molecule is CCc1n[nH]c2c1C[C@@](CC)(C(=O)O)CC2. The zero-order chi connectivity index (χ0) is 11.8. The Morgan fingerprint density at radius 3 is 2.88 bits per heavy atom. The number of hydrogen-bond donors (Lipinski definition) is 2. The first-order valence-corrected chi connectivity index (χ1v) is 5.91. The first kappa shape index (κ1) is 11.2. The molecule has 1 heterocycles. The van der Waals surface area contributed by atoms with Gasteiger partial charge in [-0.15, -0.1) is 0 Å². The highest BCUT2D eigenvalue weighted by atomic mass is 16.4. The number of hydrogen-bond acceptors (Lipinski definition) is 2. The maximum atomic E-state index is 11.4. The molecule has 0 unspecified atom stereocenters. The lowest BCUT2D eigenvalue weighted by Crippen LogP contribution is -2.36. The molecular formula is C12H18N2O2. The maximum absolute atomic E-state index is 11.4. The number of aliphatic carboxylic acids is 1. The minimum absolute atomic E-state index is 0.569. The fourth-order valence-corrected chi connectivity index (χ4v) is 2.58. The van der Waals surface area contributed by atoms with Gasteiger partial charge < -0.3 is 5.11 Å². The van der Waals surface area contributed by atoms with Crippen molar-refractivity contribution in [3.63, 3.8) is 0 Å². The van der Waals surface area contributed by atoms with Crippen molar-refractivity contribution in [3.8, 4) is 0 Å². The number of nitrogens with one attached hydrogen (secondary N) is 1. The minimum atomic E-state index is -0.663. The van der Waals surface area contributed by atoms with Crippen molar-refractivity contribution in [2.45, 2.75) is 46.0 Å². The van der Waals surface area contributed by atoms with Crippen LogP contribution in [0.1, 0.15) is 43.6 Å². The number of carboxylic acid groups (broad SMARTS) is 1. The van der Waals surface area contributed by atoms with Gasteiger partial charge in [0.2, 0.25) is 0 Å². The van der Waals surface area contributed by atoms with Gasteiger partial charge in [-0.1, -0.05) is 13.8 Å². The summed E-state index contributed by atoms with van der Waals surface area (Å²) in [6, 6.07) is 0. The Hall–Kier alpha value is -1.32. The first-order valence-electron chi connectivity index (χ1n) is 5.91. The van der Waals surface area contributed by atoms with Crippen LogP contribution < -0.4 is 0 Å². The van der Waals surface area contributed by atoms with Gasteiger partial charge in [-0.3, -0.25) is 9.89 Å². The number of aromatic amines is 1. The topological polar surface area (TPSA) is 66.0 Å². The zero-order valence-corrected chi connectivity index (χ0v) is 9.84. The summed E-state index contributed by atoms with van der Waals surface area (Å²) >= 11 is 0. The Bertz CT molecular complexity index is 398. The quantitative estimate of drug-likeness (QED) is 0.821. The number of fused-ring (bicyclic) bond motifs is 1. The van der Waals surface area contributed by atoms with Crippen molar-refractivity contribution in [2.75, 3.05) is 0 Å². The van der Waals surface area contributed by atoms with Gasteiger partial charge in [0.1, 0.15) is 0 Å². The molecule has 0 aromatic carbocycles. The Morgan fingerprint density at radius 1 is 1.56 bits per heavy atom. The highest BCUT2D eigenvalue weighted by Gasteiger charge is 2.41. The van der Waals surface area contributed by atoms with Crippen LogP contribution >= 0.6 is 0 Å². The number of carboxylic acids is 1. The van der Waals surface area contributed by atoms with Crippen molar-refractivity contribution in [3.05, 3.63) is 17.0 Å². The van der Waals surface area contributed by atoms with Crippen LogP contribution in [0.25, 0.3) is 0 Å². The van der Waals surface area contributed by atoms with E-state index in [1.165, 1.54) is 0 Å². The van der Waals surface area contributed by atoms with Gasteiger partial charge in [0.05, 0.1) is 11.1 Å². The Labute approximate surface area is 95.1 Å². The summed E-state index contributed by atoms with van der Waals surface area (Å²) < 4.78 is 0. The third-order valence-electron chi connectivity index (χ3n) is 3.87. The van der Waals surface area contributed by atoms with Crippen LogP contribution in [0.15, 0.2) is 0 Å². The second-order valence-electron chi connectivity index (χ2n) is 4.60. The molecule has 0 saturated carbocycles. The fraction of sp³-hybridized carbons (Fsp3) is 0.667. The number of carbonyl (C=O) groups is 1. The summed E-state index contributed by atoms with van der Waals surface area (Å²) in [5.74, 6) is -0.663. The van der Waals surface area contributed by atoms with E-state index >= 15 is 0 Å². The molecule has 1 aromatic rings. The Morgan fingerprint density at radius 2 is 2.31 bits per heavy atom. The van der Waals surface area contributed by atoms with E-state index in [9.17, 15) is 9.90 Å². The third-order valence-corrected chi connectivity index (χ3v) is 3.87. The van der Waals surface area contributed by atoms with Gasteiger partial charge in [0, 0.05) is 5.69 Å². The molecule has 16 heavy (non-hydrogen) atoms. The van der Waals surface area contributed by atoms with Crippen LogP contribution in [-0.2, 0) is 24.1 Å². The molecule has 0 amide bonds. The summed E-state index contributed by atoms with van der Waals surface area (Å²) in [6.07, 6.45) is 3.72. The van der Waals surface area contributed by atoms with Crippen LogP contribution in [0.5, 0.6) is 0 Å². The lowest BCUT2D eigenvalue weighted by molar-refractivity contribution is -0.150. The number of nitrogens with zero attached hydrogens (tertiary/aromatic N) is 1. The van der Waals surface area contributed by atoms with Crippen molar-refractivity contribution in [1.29, 1.82) is 0 Å². The van der Waals surface area contributed by atoms with E-state index in [4.69, 9.17) is 0 Å². The molecule has 2 rings (SSSR count). The van der Waals surface area contributed by atoms with Gasteiger partial charge >= 0.3 is 5.97 Å². The average molecular weight is 222 g/mol. The van der Waals surface area contributed by atoms with E-state index in [0.717, 1.165) is 36.2 Å². The smallest absolute Gasteiger partial charge is 0.309 e. The largest absolute Gasteiger partial charge is 0.481 e. The summed E-state index contributed by atoms with van der Waals surface area (Å²) in [6.45, 7) is 4.02. The molecule has 0 radical (unpaired) electrons. The van der Waals surface area contributed by atoms with Crippen LogP contribution in [0.4, 0.5) is 0 Å². The maximum Gasteiger partial charge on any atom is 0.309 e. The van der Waals surface area contributed by atoms with E-state index in [0.29, 0.717) is 12.8 Å². The average Bonchev–Trinajstić information content (AvgIpc) is 2.70. The first-order chi connectivity index (χ1) is 7.63. The molecule has 1 aromatic heterocycles. The highest BCUT2D eigenvalue weighted by Crippen LogP contribution is 2.39. The molecule has 1 atom stereocenters. The lowest BCUT2D eigenvalue weighted by Gasteiger charge is -2.32. The van der Waals surface area contributed by atoms with E-state index in [1.807, 2.05) is 6.92 Å². The molecule has 0 saturated heterocycles. The number of aryl methyl sites for hydroxylation is 2. The summed E-state index contributed by atoms with van der Waals surface area (Å²) in [4.78, 5) is 11.4. The predicted molar refractivity (Wildman–Crippen MR) is 60.4 cm³/mol. The molecule has 1 aliphatic rings. The van der Waals surface area contributed by atoms with Crippen LogP contribution in [-0.4, -0.2) is 21.3 Å². The van der Waals surface area contributed by atoms with Gasteiger partial charge in [-0.05, 0) is 37.7 Å². The Kier molecular flexibility index (Phi) is 2.74. The monoisotopic (exact) mass is 222 g/mol. The van der Waals surface area contributed by atoms with E-state index in [1.54, 1.807) is 0 Å². The third kappa shape index (κ3) is 1.52. The van der Waals surface area contributed by atoms with Gasteiger partial charge in [0.25, 0.3) is 0 Å². The second kappa shape index (κ2) is 3.92. The minimum Gasteiger partial charge on any atom is -0.481 e. The van der Waals surface area contributed by atoms with Crippen molar-refractivity contribution in [1.82, 2.24) is 10.2 Å². The van der Waals surface area contributed by atoms with E-state index in [-0.39, 0.29) is 0 Å². The molecule has 4 nitrogen and oxygen atoms in total. The van der Waals surface area contributed by atoms with Crippen LogP contribution in [0, 0.1) is 5.41 Å². The van der Waals surface area contributed by atoms with Gasteiger partial charge in [0.15, 0.2) is 0 Å². The number of rotatable bonds is 3. The van der Waals surface area contributed by atoms with Gasteiger partial charge in [-0.2, -0.15) is 5.10 Å². The van der Waals surface area contributed by atoms with E-state index < -0.39 is 11.4 Å². The molecule has 0 fully saturated rings. The Balaban J connectivity index is 2.37. The molecule has 0 spiro atoms. The normalized spacial score (nSPS) is 24.1. The molecule has 0 bridgehead atoms. The molecule has 88 valence electrons. The molecule has 0 aliphatic heterocycles. The molecule has 1 aliphatic carbocycles. The fourth-order valence-electron chi connectivity index (χ4n) is 2.58. The van der Waals surface area contributed by atoms with Crippen molar-refractivity contribution >= 4 is 5.97 Å². The number of H-pyrrole nitrogens is 1. The predicted octanol–water partition coefficient (Wildman–Crippen LogP) is 1.94. The van der Waals surface area contributed by atoms with E-state index in [2.05, 4.69) is 17.1 Å². The number of aromatic nitrogens is 2. The summed E-state index contributed by atoms with van der Waals surface area (Å²) in [5, 5.41) is 16.7. The van der Waals surface area contributed by atoms with Gasteiger partial charge in [-0.25, -0.2) is 0 Å². The standard InChI is InChI=1S/C12H18N2O2/c1-3-9-8-7-12(4-2,11(15)16)6-5-10(8)14-13-9/h3-7H2,1-2H3,(H,13,14)(H,15,16)/t12-/m0/s1. The summed E-state index contributed by atoms with van der Waals surface area (Å²) in [7, 11) is 0. The lowest BCUT2D eigenvalue weighted by atomic mass is 9.71. The zero-order valence-electron chi connectivity index (χ0n) is 9.84. The van der Waals surface area contributed by atoms with Crippen molar-refractivity contribution < 1.29 is 9.90 Å². The van der Waals surface area contributed by atoms with Crippen molar-refractivity contribution in [2.24, 2.45) is 5.41 Å². The van der Waals surface area contributed by atoms with Crippen LogP contribution in [0.2, 0.25) is 0 Å². The molecule has 2 N–H and O–H groups in total. The van der Waals surface area contributed by atoms with Crippen LogP contribution in [0.3, 0.4) is 0 Å². The second-order valence-corrected chi connectivity index (χ2v) is 4.60. The highest BCUT2D eigenvalue weighted by molar-refractivity contribution is 5.75. The molecular weight excluding hydrogens is 204 g/mol. The molecule has 4 heteroatoms.